The first-order valence-electron chi connectivity index (χ1n) is 14.2. The third-order valence-electron chi connectivity index (χ3n) is 6.04. The Morgan fingerprint density at radius 2 is 1.11 bits per heavy atom. The lowest BCUT2D eigenvalue weighted by Crippen LogP contribution is -2.12. The molecule has 0 bridgehead atoms. The van der Waals surface area contributed by atoms with Gasteiger partial charge in [-0.3, -0.25) is 4.79 Å². The summed E-state index contributed by atoms with van der Waals surface area (Å²) in [4.78, 5) is 47.4. The number of hydrogen-bond acceptors (Lipinski definition) is 9. The first kappa shape index (κ1) is 34.4. The molecule has 10 nitrogen and oxygen atoms in total. The highest BCUT2D eigenvalue weighted by molar-refractivity contribution is 6.34. The summed E-state index contributed by atoms with van der Waals surface area (Å²) in [5.41, 5.74) is 1.06. The van der Waals surface area contributed by atoms with Gasteiger partial charge in [0.05, 0.1) is 42.7 Å². The highest BCUT2D eigenvalue weighted by Crippen LogP contribution is 2.28. The first-order chi connectivity index (χ1) is 21.8. The van der Waals surface area contributed by atoms with E-state index in [2.05, 4.69) is 18.5 Å². The smallest absolute Gasteiger partial charge is 0.343 e. The van der Waals surface area contributed by atoms with Gasteiger partial charge in [0.15, 0.2) is 0 Å². The lowest BCUT2D eigenvalue weighted by Gasteiger charge is -2.11. The van der Waals surface area contributed by atoms with Crippen LogP contribution < -0.4 is 19.5 Å². The van der Waals surface area contributed by atoms with Crippen LogP contribution in [0.5, 0.6) is 17.2 Å². The molecule has 0 aliphatic heterocycles. The molecular weight excluding hydrogens is 602 g/mol. The van der Waals surface area contributed by atoms with Crippen LogP contribution in [0.1, 0.15) is 46.4 Å². The number of nitrogens with one attached hydrogen (secondary N) is 1. The number of unbranched alkanes of at least 4 members (excludes halogenated alkanes) is 2. The maximum atomic E-state index is 12.7. The average molecular weight is 636 g/mol. The van der Waals surface area contributed by atoms with E-state index in [1.54, 1.807) is 54.6 Å². The van der Waals surface area contributed by atoms with Crippen molar-refractivity contribution in [3.63, 3.8) is 0 Å². The fourth-order valence-electron chi connectivity index (χ4n) is 3.66. The number of ether oxygens (including phenoxy) is 5. The van der Waals surface area contributed by atoms with Crippen LogP contribution in [0.3, 0.4) is 0 Å². The van der Waals surface area contributed by atoms with Crippen molar-refractivity contribution < 1.29 is 42.9 Å². The second kappa shape index (κ2) is 18.5. The molecule has 3 rings (SSSR count). The average Bonchev–Trinajstić information content (AvgIpc) is 3.05. The predicted molar refractivity (Wildman–Crippen MR) is 169 cm³/mol. The van der Waals surface area contributed by atoms with Gasteiger partial charge in [-0.1, -0.05) is 24.8 Å². The van der Waals surface area contributed by atoms with Crippen molar-refractivity contribution in [2.45, 2.75) is 25.7 Å². The van der Waals surface area contributed by atoms with Crippen molar-refractivity contribution in [1.82, 2.24) is 0 Å². The van der Waals surface area contributed by atoms with Gasteiger partial charge in [0, 0.05) is 23.8 Å². The zero-order chi connectivity index (χ0) is 32.4. The van der Waals surface area contributed by atoms with Gasteiger partial charge >= 0.3 is 17.9 Å². The first-order valence-corrected chi connectivity index (χ1v) is 14.5. The zero-order valence-corrected chi connectivity index (χ0v) is 25.4. The summed E-state index contributed by atoms with van der Waals surface area (Å²) in [7, 11) is 0. The number of hydrogen-bond donors (Lipinski definition) is 1. The van der Waals surface area contributed by atoms with E-state index in [0.29, 0.717) is 80.4 Å². The van der Waals surface area contributed by atoms with Crippen LogP contribution in [0.15, 0.2) is 92.0 Å². The Balaban J connectivity index is 1.41. The molecule has 0 fully saturated rings. The summed E-state index contributed by atoms with van der Waals surface area (Å²) in [6, 6.07) is 17.6. The quantitative estimate of drug-likeness (QED) is 0.0713. The van der Waals surface area contributed by atoms with Crippen molar-refractivity contribution in [2.24, 2.45) is 0 Å². The van der Waals surface area contributed by atoms with Gasteiger partial charge in [-0.05, 0) is 86.3 Å². The van der Waals surface area contributed by atoms with E-state index >= 15 is 0 Å². The Morgan fingerprint density at radius 1 is 0.644 bits per heavy atom. The maximum Gasteiger partial charge on any atom is 0.343 e. The van der Waals surface area contributed by atoms with Gasteiger partial charge in [0.2, 0.25) is 0 Å². The number of benzene rings is 3. The van der Waals surface area contributed by atoms with Crippen LogP contribution >= 0.6 is 11.6 Å². The summed E-state index contributed by atoms with van der Waals surface area (Å²) in [6.45, 7) is 8.13. The molecule has 0 saturated carbocycles. The van der Waals surface area contributed by atoms with Crippen molar-refractivity contribution >= 4 is 41.1 Å². The van der Waals surface area contributed by atoms with E-state index in [1.807, 2.05) is 0 Å². The number of rotatable bonds is 18. The van der Waals surface area contributed by atoms with Gasteiger partial charge < -0.3 is 29.0 Å². The van der Waals surface area contributed by atoms with Gasteiger partial charge in [0.1, 0.15) is 17.2 Å². The molecule has 45 heavy (non-hydrogen) atoms. The minimum Gasteiger partial charge on any atom is -0.494 e. The van der Waals surface area contributed by atoms with Crippen LogP contribution in [0.2, 0.25) is 5.02 Å². The van der Waals surface area contributed by atoms with Crippen LogP contribution in [-0.2, 0) is 19.1 Å². The largest absolute Gasteiger partial charge is 0.494 e. The van der Waals surface area contributed by atoms with Gasteiger partial charge in [0.25, 0.3) is 5.91 Å². The standard InChI is InChI=1S/C34H34ClNO9/c1-3-31(37)43-21-7-5-19-41-26-13-9-24(10-14-26)33(39)36-30-18-17-28(23-29(30)35)45-34(40)25-11-15-27(16-12-25)42-20-6-8-22-44-32(38)4-2/h3-4,9-18,23H,1-2,5-8,19-22H2,(H,36,39). The second-order valence-electron chi connectivity index (χ2n) is 9.39. The highest BCUT2D eigenvalue weighted by Gasteiger charge is 2.13. The third kappa shape index (κ3) is 12.2. The number of carbonyl (C=O) groups is 4. The molecule has 0 unspecified atom stereocenters. The molecular formula is C34H34ClNO9. The van der Waals surface area contributed by atoms with E-state index in [4.69, 9.17) is 35.3 Å². The van der Waals surface area contributed by atoms with E-state index in [-0.39, 0.29) is 16.7 Å². The second-order valence-corrected chi connectivity index (χ2v) is 9.80. The maximum absolute atomic E-state index is 12.7. The van der Waals surface area contributed by atoms with Crippen molar-refractivity contribution in [1.29, 1.82) is 0 Å². The van der Waals surface area contributed by atoms with Crippen LogP contribution in [0.4, 0.5) is 5.69 Å². The van der Waals surface area contributed by atoms with Crippen LogP contribution in [-0.4, -0.2) is 50.2 Å². The topological polar surface area (TPSA) is 126 Å². The molecule has 11 heteroatoms. The molecule has 0 radical (unpaired) electrons. The number of carbonyl (C=O) groups excluding carboxylic acids is 4. The molecule has 0 saturated heterocycles. The lowest BCUT2D eigenvalue weighted by molar-refractivity contribution is -0.138. The van der Waals surface area contributed by atoms with E-state index in [9.17, 15) is 19.2 Å². The molecule has 0 atom stereocenters. The molecule has 236 valence electrons. The summed E-state index contributed by atoms with van der Waals surface area (Å²) in [5, 5.41) is 2.93. The molecule has 1 N–H and O–H groups in total. The van der Waals surface area contributed by atoms with Crippen molar-refractivity contribution in [2.75, 3.05) is 31.7 Å². The summed E-state index contributed by atoms with van der Waals surface area (Å²) in [6.07, 6.45) is 4.92. The molecule has 0 aromatic heterocycles. The van der Waals surface area contributed by atoms with Crippen LogP contribution in [0.25, 0.3) is 0 Å². The van der Waals surface area contributed by atoms with Crippen molar-refractivity contribution in [3.05, 3.63) is 108 Å². The third-order valence-corrected chi connectivity index (χ3v) is 6.36. The molecule has 0 spiro atoms. The van der Waals surface area contributed by atoms with E-state index < -0.39 is 17.9 Å². The number of amides is 1. The number of halogens is 1. The molecule has 1 amide bonds. The Hall–Kier alpha value is -5.09. The van der Waals surface area contributed by atoms with Gasteiger partial charge in [-0.25, -0.2) is 14.4 Å². The molecule has 0 heterocycles. The van der Waals surface area contributed by atoms with E-state index in [1.165, 1.54) is 12.1 Å². The Morgan fingerprint density at radius 3 is 1.60 bits per heavy atom. The summed E-state index contributed by atoms with van der Waals surface area (Å²) in [5.74, 6) is -0.480. The monoisotopic (exact) mass is 635 g/mol. The summed E-state index contributed by atoms with van der Waals surface area (Å²) < 4.78 is 26.5. The Bertz CT molecular complexity index is 1470. The molecule has 3 aromatic rings. The highest BCUT2D eigenvalue weighted by atomic mass is 35.5. The molecule has 0 aliphatic rings. The molecule has 3 aromatic carbocycles. The van der Waals surface area contributed by atoms with Crippen molar-refractivity contribution in [3.8, 4) is 17.2 Å². The lowest BCUT2D eigenvalue weighted by atomic mass is 10.2. The fraction of sp³-hybridized carbons (Fsp3) is 0.235. The zero-order valence-electron chi connectivity index (χ0n) is 24.6. The normalized spacial score (nSPS) is 10.2. The summed E-state index contributed by atoms with van der Waals surface area (Å²) >= 11 is 6.35. The number of anilines is 1. The van der Waals surface area contributed by atoms with Crippen LogP contribution in [0, 0.1) is 0 Å². The SMILES string of the molecule is C=CC(=O)OCCCCOc1ccc(C(=O)Nc2ccc(OC(=O)c3ccc(OCCCCOC(=O)C=C)cc3)cc2Cl)cc1. The minimum atomic E-state index is -0.586. The van der Waals surface area contributed by atoms with Gasteiger partial charge in [-0.15, -0.1) is 0 Å². The molecule has 0 aliphatic carbocycles. The Kier molecular flexibility index (Phi) is 14.2. The predicted octanol–water partition coefficient (Wildman–Crippen LogP) is 6.59. The van der Waals surface area contributed by atoms with E-state index in [0.717, 1.165) is 12.2 Å². The Labute approximate surface area is 266 Å². The number of esters is 3. The van der Waals surface area contributed by atoms with Gasteiger partial charge in [-0.2, -0.15) is 0 Å². The minimum absolute atomic E-state index is 0.190. The fourth-order valence-corrected chi connectivity index (χ4v) is 3.88.